The number of thioether (sulfide) groups is 1. The molecule has 7 nitrogen and oxygen atoms in total. The summed E-state index contributed by atoms with van der Waals surface area (Å²) in [5.41, 5.74) is 2.17. The van der Waals surface area contributed by atoms with E-state index in [1.165, 1.54) is 23.9 Å². The number of nitrogens with zero attached hydrogens (tertiary/aromatic N) is 3. The number of carbonyl (C=O) groups is 2. The summed E-state index contributed by atoms with van der Waals surface area (Å²) < 4.78 is 5.92. The molecule has 9 heteroatoms. The van der Waals surface area contributed by atoms with Crippen molar-refractivity contribution in [1.29, 1.82) is 0 Å². The number of hydrogen-bond acceptors (Lipinski definition) is 6. The minimum Gasteiger partial charge on any atom is -0.478 e. The van der Waals surface area contributed by atoms with Gasteiger partial charge in [-0.25, -0.2) is 9.79 Å². The fourth-order valence-corrected chi connectivity index (χ4v) is 4.75. The van der Waals surface area contributed by atoms with Crippen LogP contribution in [-0.4, -0.2) is 32.0 Å². The highest BCUT2D eigenvalue weighted by molar-refractivity contribution is 8.18. The van der Waals surface area contributed by atoms with Crippen LogP contribution in [0.5, 0.6) is 0 Å². The first-order chi connectivity index (χ1) is 17.5. The highest BCUT2D eigenvalue weighted by Crippen LogP contribution is 2.36. The van der Waals surface area contributed by atoms with Crippen LogP contribution in [0.4, 0.5) is 5.69 Å². The smallest absolute Gasteiger partial charge is 0.337 e. The molecule has 0 aliphatic carbocycles. The van der Waals surface area contributed by atoms with Crippen LogP contribution in [0, 0.1) is 0 Å². The van der Waals surface area contributed by atoms with Gasteiger partial charge in [-0.2, -0.15) is 0 Å². The van der Waals surface area contributed by atoms with Crippen molar-refractivity contribution >= 4 is 52.2 Å². The molecule has 1 saturated heterocycles. The Kier molecular flexibility index (Phi) is 6.71. The lowest BCUT2D eigenvalue weighted by atomic mass is 10.1. The monoisotopic (exact) mass is 515 g/mol. The Morgan fingerprint density at radius 1 is 1.11 bits per heavy atom. The van der Waals surface area contributed by atoms with Gasteiger partial charge in [-0.3, -0.25) is 14.7 Å². The largest absolute Gasteiger partial charge is 0.478 e. The third-order valence-electron chi connectivity index (χ3n) is 5.31. The number of benzene rings is 2. The fourth-order valence-electron chi connectivity index (χ4n) is 3.58. The maximum atomic E-state index is 13.4. The maximum Gasteiger partial charge on any atom is 0.337 e. The van der Waals surface area contributed by atoms with Gasteiger partial charge in [0.1, 0.15) is 11.5 Å². The molecule has 1 fully saturated rings. The van der Waals surface area contributed by atoms with Crippen molar-refractivity contribution in [2.24, 2.45) is 4.99 Å². The summed E-state index contributed by atoms with van der Waals surface area (Å²) in [6.07, 6.45) is 5.06. The number of halogens is 1. The Morgan fingerprint density at radius 2 is 1.94 bits per heavy atom. The highest BCUT2D eigenvalue weighted by atomic mass is 35.5. The Hall–Kier alpha value is -4.14. The molecule has 1 aliphatic rings. The van der Waals surface area contributed by atoms with Gasteiger partial charge in [0.15, 0.2) is 5.17 Å². The molecule has 0 atom stereocenters. The quantitative estimate of drug-likeness (QED) is 0.294. The summed E-state index contributed by atoms with van der Waals surface area (Å²) in [5.74, 6) is -0.407. The van der Waals surface area contributed by atoms with Crippen molar-refractivity contribution in [2.75, 3.05) is 0 Å². The van der Waals surface area contributed by atoms with E-state index in [0.717, 1.165) is 11.3 Å². The van der Waals surface area contributed by atoms with E-state index in [1.807, 2.05) is 42.5 Å². The Labute approximate surface area is 215 Å². The van der Waals surface area contributed by atoms with Gasteiger partial charge >= 0.3 is 5.97 Å². The van der Waals surface area contributed by atoms with Gasteiger partial charge in [-0.15, -0.1) is 0 Å². The van der Waals surface area contributed by atoms with Crippen LogP contribution in [0.15, 0.2) is 99.5 Å². The van der Waals surface area contributed by atoms with Gasteiger partial charge in [0, 0.05) is 24.0 Å². The molecule has 2 aromatic carbocycles. The van der Waals surface area contributed by atoms with E-state index in [4.69, 9.17) is 16.0 Å². The van der Waals surface area contributed by atoms with Crippen LogP contribution in [0.2, 0.25) is 5.02 Å². The normalized spacial score (nSPS) is 15.7. The zero-order chi connectivity index (χ0) is 25.1. The summed E-state index contributed by atoms with van der Waals surface area (Å²) in [4.78, 5) is 35.7. The molecule has 0 saturated carbocycles. The number of para-hydroxylation sites is 1. The zero-order valence-electron chi connectivity index (χ0n) is 18.7. The van der Waals surface area contributed by atoms with Crippen molar-refractivity contribution in [2.45, 2.75) is 6.54 Å². The Balaban J connectivity index is 1.46. The molecule has 1 aliphatic heterocycles. The van der Waals surface area contributed by atoms with E-state index in [0.29, 0.717) is 33.7 Å². The van der Waals surface area contributed by atoms with Crippen LogP contribution < -0.4 is 0 Å². The molecule has 178 valence electrons. The van der Waals surface area contributed by atoms with E-state index in [2.05, 4.69) is 9.98 Å². The minimum atomic E-state index is -1.12. The average molecular weight is 516 g/mol. The molecule has 0 bridgehead atoms. The summed E-state index contributed by atoms with van der Waals surface area (Å²) in [7, 11) is 0. The number of pyridine rings is 1. The second-order valence-electron chi connectivity index (χ2n) is 7.79. The predicted molar refractivity (Wildman–Crippen MR) is 140 cm³/mol. The Bertz CT molecular complexity index is 1500. The van der Waals surface area contributed by atoms with Crippen molar-refractivity contribution in [1.82, 2.24) is 9.88 Å². The number of carboxylic acid groups (broad SMARTS) is 1. The average Bonchev–Trinajstić information content (AvgIpc) is 3.46. The number of carboxylic acids is 1. The standard InChI is InChI=1S/C27H18ClN3O4S/c28-22-10-8-18(13-21(22)26(33)34)23-11-9-20(35-23)14-24-25(32)31(16-17-5-4-12-29-15-17)27(36-24)30-19-6-2-1-3-7-19/h1-15H,16H2,(H,33,34)/b24-14+,30-27?. The third kappa shape index (κ3) is 5.10. The number of aromatic nitrogens is 1. The first kappa shape index (κ1) is 23.6. The first-order valence-electron chi connectivity index (χ1n) is 10.8. The number of carbonyl (C=O) groups excluding carboxylic acids is 1. The van der Waals surface area contributed by atoms with Crippen LogP contribution in [0.1, 0.15) is 21.7 Å². The van der Waals surface area contributed by atoms with Crippen LogP contribution in [0.25, 0.3) is 17.4 Å². The molecule has 3 heterocycles. The maximum absolute atomic E-state index is 13.4. The summed E-state index contributed by atoms with van der Waals surface area (Å²) >= 11 is 7.24. The Morgan fingerprint density at radius 3 is 2.69 bits per heavy atom. The van der Waals surface area contributed by atoms with E-state index < -0.39 is 5.97 Å². The number of rotatable bonds is 6. The SMILES string of the molecule is O=C(O)c1cc(-c2ccc(/C=C3/SC(=Nc4ccccc4)N(Cc4cccnc4)C3=O)o2)ccc1Cl. The molecule has 36 heavy (non-hydrogen) atoms. The molecule has 0 unspecified atom stereocenters. The van der Waals surface area contributed by atoms with E-state index in [-0.39, 0.29) is 16.5 Å². The topological polar surface area (TPSA) is 96.0 Å². The number of furan rings is 1. The van der Waals surface area contributed by atoms with Crippen LogP contribution >= 0.6 is 23.4 Å². The molecule has 0 radical (unpaired) electrons. The molecule has 0 spiro atoms. The molecule has 4 aromatic rings. The first-order valence-corrected chi connectivity index (χ1v) is 12.0. The molecular weight excluding hydrogens is 498 g/mol. The summed E-state index contributed by atoms with van der Waals surface area (Å²) in [5, 5.41) is 10.0. The lowest BCUT2D eigenvalue weighted by molar-refractivity contribution is -0.122. The van der Waals surface area contributed by atoms with Gasteiger partial charge < -0.3 is 9.52 Å². The molecule has 5 rings (SSSR count). The van der Waals surface area contributed by atoms with Crippen LogP contribution in [0.3, 0.4) is 0 Å². The molecule has 1 N–H and O–H groups in total. The number of hydrogen-bond donors (Lipinski definition) is 1. The number of amidine groups is 1. The molecule has 1 amide bonds. The minimum absolute atomic E-state index is 0.0141. The number of aromatic carboxylic acids is 1. The van der Waals surface area contributed by atoms with E-state index in [9.17, 15) is 14.7 Å². The highest BCUT2D eigenvalue weighted by Gasteiger charge is 2.34. The van der Waals surface area contributed by atoms with Crippen LogP contribution in [-0.2, 0) is 11.3 Å². The lowest BCUT2D eigenvalue weighted by Gasteiger charge is -2.15. The van der Waals surface area contributed by atoms with Gasteiger partial charge in [-0.1, -0.05) is 35.9 Å². The summed E-state index contributed by atoms with van der Waals surface area (Å²) in [6, 6.07) is 21.3. The van der Waals surface area contributed by atoms with E-state index >= 15 is 0 Å². The lowest BCUT2D eigenvalue weighted by Crippen LogP contribution is -2.28. The van der Waals surface area contributed by atoms with Crippen molar-refractivity contribution in [3.05, 3.63) is 112 Å². The van der Waals surface area contributed by atoms with Gasteiger partial charge in [0.25, 0.3) is 5.91 Å². The molecule has 2 aromatic heterocycles. The fraction of sp³-hybridized carbons (Fsp3) is 0.0370. The number of amides is 1. The zero-order valence-corrected chi connectivity index (χ0v) is 20.2. The third-order valence-corrected chi connectivity index (χ3v) is 6.65. The van der Waals surface area contributed by atoms with Crippen molar-refractivity contribution < 1.29 is 19.1 Å². The van der Waals surface area contributed by atoms with Crippen molar-refractivity contribution in [3.63, 3.8) is 0 Å². The summed E-state index contributed by atoms with van der Waals surface area (Å²) in [6.45, 7) is 0.328. The van der Waals surface area contributed by atoms with Gasteiger partial charge in [-0.05, 0) is 65.9 Å². The van der Waals surface area contributed by atoms with Gasteiger partial charge in [0.2, 0.25) is 0 Å². The number of aliphatic imine (C=N–C) groups is 1. The second-order valence-corrected chi connectivity index (χ2v) is 9.21. The molecular formula is C27H18ClN3O4S. The predicted octanol–water partition coefficient (Wildman–Crippen LogP) is 6.50. The van der Waals surface area contributed by atoms with E-state index in [1.54, 1.807) is 41.6 Å². The van der Waals surface area contributed by atoms with Gasteiger partial charge in [0.05, 0.1) is 27.7 Å². The second kappa shape index (κ2) is 10.2. The van der Waals surface area contributed by atoms with Crippen molar-refractivity contribution in [3.8, 4) is 11.3 Å².